The third kappa shape index (κ3) is 44.6. The van der Waals surface area contributed by atoms with Crippen LogP contribution in [0.15, 0.2) is 0 Å². The lowest BCUT2D eigenvalue weighted by Gasteiger charge is -2.24. The molecule has 0 aromatic carbocycles. The lowest BCUT2D eigenvalue weighted by atomic mass is 10.0. The Kier molecular flexibility index (Phi) is 40.7. The summed E-state index contributed by atoms with van der Waals surface area (Å²) >= 11 is 0. The fourth-order valence-corrected chi connectivity index (χ4v) is 7.99. The van der Waals surface area contributed by atoms with E-state index in [1.807, 2.05) is 21.1 Å². The van der Waals surface area contributed by atoms with E-state index in [9.17, 15) is 19.0 Å². The molecule has 0 amide bonds. The summed E-state index contributed by atoms with van der Waals surface area (Å²) in [7, 11) is 1.50. The predicted molar refractivity (Wildman–Crippen MR) is 243 cm³/mol. The summed E-state index contributed by atoms with van der Waals surface area (Å²) in [6.07, 6.45) is 42.9. The number of phosphoric ester groups is 1. The maximum atomic E-state index is 12.7. The maximum Gasteiger partial charge on any atom is 0.472 e. The molecule has 1 N–H and O–H groups in total. The Morgan fingerprint density at radius 2 is 0.776 bits per heavy atom. The minimum Gasteiger partial charge on any atom is -0.462 e. The van der Waals surface area contributed by atoms with Crippen molar-refractivity contribution in [1.29, 1.82) is 0 Å². The van der Waals surface area contributed by atoms with Gasteiger partial charge in [0.05, 0.1) is 27.7 Å². The third-order valence-electron chi connectivity index (χ3n) is 11.1. The summed E-state index contributed by atoms with van der Waals surface area (Å²) in [5, 5.41) is 0. The molecule has 58 heavy (non-hydrogen) atoms. The Morgan fingerprint density at radius 1 is 0.466 bits per heavy atom. The van der Waals surface area contributed by atoms with Gasteiger partial charge in [0.25, 0.3) is 0 Å². The highest BCUT2D eigenvalue weighted by Gasteiger charge is 2.27. The molecular weight excluding hydrogens is 750 g/mol. The highest BCUT2D eigenvalue weighted by atomic mass is 31.2. The minimum absolute atomic E-state index is 0.0371. The summed E-state index contributed by atoms with van der Waals surface area (Å²) in [5.74, 6) is -0.779. The van der Waals surface area contributed by atoms with Gasteiger partial charge < -0.3 is 18.9 Å². The molecule has 2 unspecified atom stereocenters. The van der Waals surface area contributed by atoms with Gasteiger partial charge in [-0.25, -0.2) is 4.57 Å². The number of rotatable bonds is 46. The van der Waals surface area contributed by atoms with Crippen molar-refractivity contribution in [3.05, 3.63) is 0 Å². The third-order valence-corrected chi connectivity index (χ3v) is 12.1. The lowest BCUT2D eigenvalue weighted by molar-refractivity contribution is -0.870. The molecular formula is C48H97NO8P+. The first-order valence-electron chi connectivity index (χ1n) is 24.8. The van der Waals surface area contributed by atoms with E-state index in [0.29, 0.717) is 17.4 Å². The molecule has 0 aliphatic rings. The van der Waals surface area contributed by atoms with Crippen molar-refractivity contribution in [2.24, 2.45) is 0 Å². The van der Waals surface area contributed by atoms with Crippen molar-refractivity contribution in [3.63, 3.8) is 0 Å². The number of hydrogen-bond acceptors (Lipinski definition) is 7. The first-order valence-corrected chi connectivity index (χ1v) is 26.3. The quantitative estimate of drug-likeness (QED) is 0.0279. The fraction of sp³-hybridized carbons (Fsp3) is 0.958. The van der Waals surface area contributed by atoms with Crippen molar-refractivity contribution in [2.75, 3.05) is 47.5 Å². The van der Waals surface area contributed by atoms with E-state index in [2.05, 4.69) is 13.8 Å². The number of quaternary nitrogens is 1. The highest BCUT2D eigenvalue weighted by molar-refractivity contribution is 7.47. The van der Waals surface area contributed by atoms with Gasteiger partial charge in [-0.05, 0) is 12.8 Å². The number of carbonyl (C=O) groups excluding carboxylic acids is 2. The standard InChI is InChI=1S/C48H96NO8P/c1-6-8-10-12-14-16-18-20-22-24-25-27-29-31-33-35-37-39-41-48(51)57-46(45-56-58(52,53)55-43-42-49(3,4)5)44-54-47(50)40-38-36-34-32-30-28-26-23-21-19-17-15-13-11-9-7-2/h46H,6-45H2,1-5H3/p+1. The number of phosphoric acid groups is 1. The van der Waals surface area contributed by atoms with Crippen LogP contribution in [0.1, 0.15) is 245 Å². The zero-order chi connectivity index (χ0) is 42.8. The number of hydrogen-bond donors (Lipinski definition) is 1. The number of ether oxygens (including phenoxy) is 2. The van der Waals surface area contributed by atoms with Crippen LogP contribution in [0.4, 0.5) is 0 Å². The fourth-order valence-electron chi connectivity index (χ4n) is 7.25. The molecule has 0 heterocycles. The molecule has 9 nitrogen and oxygen atoms in total. The predicted octanol–water partition coefficient (Wildman–Crippen LogP) is 14.4. The molecule has 10 heteroatoms. The zero-order valence-electron chi connectivity index (χ0n) is 39.1. The van der Waals surface area contributed by atoms with E-state index in [0.717, 1.165) is 38.5 Å². The molecule has 0 aromatic rings. The van der Waals surface area contributed by atoms with E-state index in [1.165, 1.54) is 180 Å². The topological polar surface area (TPSA) is 108 Å². The van der Waals surface area contributed by atoms with Gasteiger partial charge in [-0.1, -0.05) is 219 Å². The summed E-state index contributed by atoms with van der Waals surface area (Å²) < 4.78 is 34.4. The van der Waals surface area contributed by atoms with Crippen LogP contribution >= 0.6 is 7.82 Å². The molecule has 0 aliphatic carbocycles. The van der Waals surface area contributed by atoms with Crippen LogP contribution in [0.3, 0.4) is 0 Å². The van der Waals surface area contributed by atoms with Crippen molar-refractivity contribution < 1.29 is 42.1 Å². The molecule has 0 rings (SSSR count). The molecule has 0 aromatic heterocycles. The molecule has 0 spiro atoms. The summed E-state index contributed by atoms with van der Waals surface area (Å²) in [4.78, 5) is 35.5. The largest absolute Gasteiger partial charge is 0.472 e. The van der Waals surface area contributed by atoms with Gasteiger partial charge in [-0.3, -0.25) is 18.6 Å². The lowest BCUT2D eigenvalue weighted by Crippen LogP contribution is -2.37. The molecule has 346 valence electrons. The summed E-state index contributed by atoms with van der Waals surface area (Å²) in [6.45, 7) is 4.48. The van der Waals surface area contributed by atoms with Gasteiger partial charge in [-0.15, -0.1) is 0 Å². The van der Waals surface area contributed by atoms with Gasteiger partial charge in [0.15, 0.2) is 6.10 Å². The van der Waals surface area contributed by atoms with Gasteiger partial charge in [-0.2, -0.15) is 0 Å². The van der Waals surface area contributed by atoms with Crippen LogP contribution in [0.5, 0.6) is 0 Å². The molecule has 0 saturated carbocycles. The Balaban J connectivity index is 4.23. The average Bonchev–Trinajstić information content (AvgIpc) is 3.17. The minimum atomic E-state index is -4.37. The summed E-state index contributed by atoms with van der Waals surface area (Å²) in [6, 6.07) is 0. The van der Waals surface area contributed by atoms with Gasteiger partial charge in [0.1, 0.15) is 19.8 Å². The SMILES string of the molecule is CCCCCCCCCCCCCCCCCCCCC(=O)OC(COC(=O)CCCCCCCCCCCCCCCCCC)COP(=O)(O)OCC[N+](C)(C)C. The highest BCUT2D eigenvalue weighted by Crippen LogP contribution is 2.43. The zero-order valence-corrected chi connectivity index (χ0v) is 40.0. The number of esters is 2. The van der Waals surface area contributed by atoms with Crippen molar-refractivity contribution in [2.45, 2.75) is 251 Å². The van der Waals surface area contributed by atoms with Crippen LogP contribution in [-0.4, -0.2) is 74.9 Å². The van der Waals surface area contributed by atoms with Gasteiger partial charge >= 0.3 is 19.8 Å². The van der Waals surface area contributed by atoms with Crippen LogP contribution in [0, 0.1) is 0 Å². The molecule has 0 fully saturated rings. The Bertz CT molecular complexity index is 958. The van der Waals surface area contributed by atoms with Crippen molar-refractivity contribution in [3.8, 4) is 0 Å². The van der Waals surface area contributed by atoms with E-state index in [-0.39, 0.29) is 25.6 Å². The second-order valence-corrected chi connectivity index (χ2v) is 19.7. The van der Waals surface area contributed by atoms with Crippen molar-refractivity contribution in [1.82, 2.24) is 0 Å². The molecule has 0 radical (unpaired) electrons. The van der Waals surface area contributed by atoms with Crippen LogP contribution < -0.4 is 0 Å². The smallest absolute Gasteiger partial charge is 0.462 e. The number of unbranched alkanes of at least 4 members (excludes halogenated alkanes) is 32. The summed E-state index contributed by atoms with van der Waals surface area (Å²) in [5.41, 5.74) is 0. The Hall–Kier alpha value is -0.990. The van der Waals surface area contributed by atoms with Crippen molar-refractivity contribution >= 4 is 19.8 Å². The van der Waals surface area contributed by atoms with Gasteiger partial charge in [0.2, 0.25) is 0 Å². The molecule has 2 atom stereocenters. The second-order valence-electron chi connectivity index (χ2n) is 18.2. The average molecular weight is 847 g/mol. The molecule has 0 aliphatic heterocycles. The van der Waals surface area contributed by atoms with E-state index in [1.54, 1.807) is 0 Å². The van der Waals surface area contributed by atoms with E-state index in [4.69, 9.17) is 18.5 Å². The first kappa shape index (κ1) is 57.0. The number of likely N-dealkylation sites (N-methyl/N-ethyl adjacent to an activating group) is 1. The number of carbonyl (C=O) groups is 2. The van der Waals surface area contributed by atoms with E-state index < -0.39 is 26.5 Å². The molecule has 0 bridgehead atoms. The van der Waals surface area contributed by atoms with E-state index >= 15 is 0 Å². The van der Waals surface area contributed by atoms with Crippen LogP contribution in [-0.2, 0) is 32.7 Å². The van der Waals surface area contributed by atoms with Crippen LogP contribution in [0.2, 0.25) is 0 Å². The van der Waals surface area contributed by atoms with Crippen LogP contribution in [0.25, 0.3) is 0 Å². The van der Waals surface area contributed by atoms with Gasteiger partial charge in [0, 0.05) is 12.8 Å². The Labute approximate surface area is 359 Å². The maximum absolute atomic E-state index is 12.7. The monoisotopic (exact) mass is 847 g/mol. The normalized spacial score (nSPS) is 13.4. The Morgan fingerprint density at radius 3 is 1.10 bits per heavy atom. The second kappa shape index (κ2) is 41.4. The first-order chi connectivity index (χ1) is 28.0. The molecule has 0 saturated heterocycles. The number of nitrogens with zero attached hydrogens (tertiary/aromatic N) is 1.